The highest BCUT2D eigenvalue weighted by molar-refractivity contribution is 5.75. The van der Waals surface area contributed by atoms with E-state index in [9.17, 15) is 4.79 Å². The van der Waals surface area contributed by atoms with Crippen LogP contribution in [0.15, 0.2) is 53.3 Å². The minimum absolute atomic E-state index is 0.147. The van der Waals surface area contributed by atoms with Gasteiger partial charge in [0, 0.05) is 57.0 Å². The van der Waals surface area contributed by atoms with Crippen molar-refractivity contribution in [2.75, 3.05) is 20.6 Å². The normalized spacial score (nSPS) is 16.3. The maximum atomic E-state index is 12.6. The van der Waals surface area contributed by atoms with Crippen LogP contribution >= 0.6 is 0 Å². The van der Waals surface area contributed by atoms with Crippen LogP contribution in [0.25, 0.3) is 11.4 Å². The molecule has 1 unspecified atom stereocenters. The first kappa shape index (κ1) is 20.2. The summed E-state index contributed by atoms with van der Waals surface area (Å²) < 4.78 is 5.31. The van der Waals surface area contributed by atoms with E-state index >= 15 is 0 Å². The Morgan fingerprint density at radius 3 is 2.87 bits per heavy atom. The Kier molecular flexibility index (Phi) is 6.18. The summed E-state index contributed by atoms with van der Waals surface area (Å²) in [5.41, 5.74) is 3.60. The molecule has 0 N–H and O–H groups in total. The molecule has 1 aliphatic heterocycles. The quantitative estimate of drug-likeness (QED) is 0.602. The fourth-order valence-corrected chi connectivity index (χ4v) is 3.89. The van der Waals surface area contributed by atoms with Crippen molar-refractivity contribution in [2.45, 2.75) is 38.3 Å². The Morgan fingerprint density at radius 1 is 1.23 bits per heavy atom. The molecule has 0 saturated heterocycles. The molecule has 0 radical (unpaired) electrons. The van der Waals surface area contributed by atoms with Crippen molar-refractivity contribution in [3.05, 3.63) is 65.8 Å². The highest BCUT2D eigenvalue weighted by Gasteiger charge is 2.25. The van der Waals surface area contributed by atoms with Gasteiger partial charge in [0.25, 0.3) is 0 Å². The van der Waals surface area contributed by atoms with Crippen LogP contribution in [0.5, 0.6) is 0 Å². The number of likely N-dealkylation sites (N-methyl/N-ethyl adjacent to an activating group) is 2. The summed E-state index contributed by atoms with van der Waals surface area (Å²) in [6, 6.07) is 12.6. The zero-order valence-corrected chi connectivity index (χ0v) is 17.5. The summed E-state index contributed by atoms with van der Waals surface area (Å²) in [6.07, 6.45) is 6.12. The van der Waals surface area contributed by atoms with Gasteiger partial charge >= 0.3 is 0 Å². The maximum Gasteiger partial charge on any atom is 0.226 e. The monoisotopic (exact) mass is 405 g/mol. The van der Waals surface area contributed by atoms with Crippen molar-refractivity contribution >= 4 is 5.91 Å². The molecule has 0 bridgehead atoms. The fourth-order valence-electron chi connectivity index (χ4n) is 3.89. The second kappa shape index (κ2) is 9.17. The van der Waals surface area contributed by atoms with E-state index in [1.807, 2.05) is 24.1 Å². The first-order valence-electron chi connectivity index (χ1n) is 10.3. The maximum absolute atomic E-state index is 12.6. The molecule has 2 aromatic heterocycles. The van der Waals surface area contributed by atoms with E-state index in [2.05, 4.69) is 51.3 Å². The molecule has 0 spiro atoms. The predicted molar refractivity (Wildman–Crippen MR) is 114 cm³/mol. The number of carbonyl (C=O) groups excluding carboxylic acids is 1. The van der Waals surface area contributed by atoms with Gasteiger partial charge < -0.3 is 9.42 Å². The summed E-state index contributed by atoms with van der Waals surface area (Å²) in [5.74, 6) is 1.23. The second-order valence-electron chi connectivity index (χ2n) is 7.92. The van der Waals surface area contributed by atoms with Gasteiger partial charge in [0.2, 0.25) is 17.6 Å². The van der Waals surface area contributed by atoms with E-state index in [1.54, 1.807) is 12.4 Å². The molecule has 1 aliphatic rings. The van der Waals surface area contributed by atoms with Crippen molar-refractivity contribution in [3.63, 3.8) is 0 Å². The summed E-state index contributed by atoms with van der Waals surface area (Å²) in [6.45, 7) is 1.66. The van der Waals surface area contributed by atoms with Crippen molar-refractivity contribution in [2.24, 2.45) is 0 Å². The number of nitrogens with zero attached hydrogens (tertiary/aromatic N) is 5. The zero-order chi connectivity index (χ0) is 20.9. The number of rotatable bonds is 7. The molecule has 0 fully saturated rings. The van der Waals surface area contributed by atoms with Crippen LogP contribution in [-0.2, 0) is 24.2 Å². The number of aryl methyl sites for hydroxylation is 1. The highest BCUT2D eigenvalue weighted by Crippen LogP contribution is 2.22. The minimum Gasteiger partial charge on any atom is -0.344 e. The van der Waals surface area contributed by atoms with Gasteiger partial charge in [-0.25, -0.2) is 0 Å². The fraction of sp³-hybridized carbons (Fsp3) is 0.391. The summed E-state index contributed by atoms with van der Waals surface area (Å²) >= 11 is 0. The smallest absolute Gasteiger partial charge is 0.226 e. The summed E-state index contributed by atoms with van der Waals surface area (Å²) in [5, 5.41) is 4.00. The van der Waals surface area contributed by atoms with Gasteiger partial charge in [-0.3, -0.25) is 14.7 Å². The average molecular weight is 406 g/mol. The Hall–Kier alpha value is -3.06. The van der Waals surface area contributed by atoms with Gasteiger partial charge in [-0.15, -0.1) is 0 Å². The molecular formula is C23H27N5O2. The molecule has 4 rings (SSSR count). The Bertz CT molecular complexity index is 988. The number of fused-ring (bicyclic) bond motifs is 1. The number of aromatic nitrogens is 3. The SMILES string of the molecule is CN(CC1Cc2ccccc2CN1C)C(=O)CCCc1nc(-c2cccnc2)no1. The van der Waals surface area contributed by atoms with Crippen molar-refractivity contribution in [3.8, 4) is 11.4 Å². The van der Waals surface area contributed by atoms with Crippen LogP contribution < -0.4 is 0 Å². The third-order valence-corrected chi connectivity index (χ3v) is 5.70. The van der Waals surface area contributed by atoms with E-state index in [4.69, 9.17) is 4.52 Å². The Labute approximate surface area is 176 Å². The minimum atomic E-state index is 0.147. The molecule has 0 aliphatic carbocycles. The van der Waals surface area contributed by atoms with E-state index in [1.165, 1.54) is 11.1 Å². The summed E-state index contributed by atoms with van der Waals surface area (Å²) in [4.78, 5) is 25.3. The molecule has 30 heavy (non-hydrogen) atoms. The van der Waals surface area contributed by atoms with Crippen LogP contribution in [-0.4, -0.2) is 57.5 Å². The molecule has 156 valence electrons. The van der Waals surface area contributed by atoms with E-state index in [0.717, 1.165) is 25.1 Å². The van der Waals surface area contributed by atoms with Gasteiger partial charge in [-0.2, -0.15) is 4.98 Å². The highest BCUT2D eigenvalue weighted by atomic mass is 16.5. The van der Waals surface area contributed by atoms with E-state index in [-0.39, 0.29) is 5.91 Å². The number of benzene rings is 1. The Morgan fingerprint density at radius 2 is 2.07 bits per heavy atom. The van der Waals surface area contributed by atoms with Crippen molar-refractivity contribution in [1.82, 2.24) is 24.9 Å². The molecular weight excluding hydrogens is 378 g/mol. The lowest BCUT2D eigenvalue weighted by Crippen LogP contribution is -2.46. The lowest BCUT2D eigenvalue weighted by atomic mass is 9.94. The standard InChI is InChI=1S/C23H27N5O2/c1-27-15-19-8-4-3-7-17(19)13-20(27)16-28(2)22(29)11-5-10-21-25-23(26-30-21)18-9-6-12-24-14-18/h3-4,6-9,12,14,20H,5,10-11,13,15-16H2,1-2H3. The number of hydrogen-bond donors (Lipinski definition) is 0. The van der Waals surface area contributed by atoms with E-state index < -0.39 is 0 Å². The largest absolute Gasteiger partial charge is 0.344 e. The number of carbonyl (C=O) groups is 1. The number of pyridine rings is 1. The predicted octanol–water partition coefficient (Wildman–Crippen LogP) is 2.97. The first-order valence-corrected chi connectivity index (χ1v) is 10.3. The van der Waals surface area contributed by atoms with E-state index in [0.29, 0.717) is 37.0 Å². The molecule has 1 amide bonds. The molecule has 7 nitrogen and oxygen atoms in total. The van der Waals surface area contributed by atoms with Crippen molar-refractivity contribution < 1.29 is 9.32 Å². The van der Waals surface area contributed by atoms with Gasteiger partial charge in [-0.1, -0.05) is 29.4 Å². The lowest BCUT2D eigenvalue weighted by Gasteiger charge is -2.36. The number of hydrogen-bond acceptors (Lipinski definition) is 6. The van der Waals surface area contributed by atoms with Crippen LogP contribution in [0.3, 0.4) is 0 Å². The van der Waals surface area contributed by atoms with Crippen molar-refractivity contribution in [1.29, 1.82) is 0 Å². The first-order chi connectivity index (χ1) is 14.6. The molecule has 3 heterocycles. The van der Waals surface area contributed by atoms with Gasteiger partial charge in [-0.05, 0) is 43.1 Å². The molecule has 0 saturated carbocycles. The van der Waals surface area contributed by atoms with Crippen LogP contribution in [0.4, 0.5) is 0 Å². The van der Waals surface area contributed by atoms with Gasteiger partial charge in [0.1, 0.15) is 0 Å². The number of amides is 1. The summed E-state index contributed by atoms with van der Waals surface area (Å²) in [7, 11) is 4.03. The molecule has 7 heteroatoms. The topological polar surface area (TPSA) is 75.4 Å². The third kappa shape index (κ3) is 4.74. The van der Waals surface area contributed by atoms with Gasteiger partial charge in [0.15, 0.2) is 0 Å². The molecule has 3 aromatic rings. The van der Waals surface area contributed by atoms with Crippen LogP contribution in [0.1, 0.15) is 29.9 Å². The Balaban J connectivity index is 1.25. The lowest BCUT2D eigenvalue weighted by molar-refractivity contribution is -0.130. The average Bonchev–Trinajstić information content (AvgIpc) is 3.23. The van der Waals surface area contributed by atoms with Crippen LogP contribution in [0.2, 0.25) is 0 Å². The third-order valence-electron chi connectivity index (χ3n) is 5.70. The molecule has 1 aromatic carbocycles. The van der Waals surface area contributed by atoms with Gasteiger partial charge in [0.05, 0.1) is 0 Å². The van der Waals surface area contributed by atoms with Crippen LogP contribution in [0, 0.1) is 0 Å². The second-order valence-corrected chi connectivity index (χ2v) is 7.92. The zero-order valence-electron chi connectivity index (χ0n) is 17.5. The molecule has 1 atom stereocenters.